The first-order valence-electron chi connectivity index (χ1n) is 16.2. The number of nitrogens with one attached hydrogen (secondary N) is 1. The minimum atomic E-state index is -0.501. The lowest BCUT2D eigenvalue weighted by Crippen LogP contribution is -2.49. The summed E-state index contributed by atoms with van der Waals surface area (Å²) in [6.45, 7) is 19.1. The number of carbonyl (C=O) groups is 1. The number of nitrogens with zero attached hydrogens (tertiary/aromatic N) is 3. The quantitative estimate of drug-likeness (QED) is 0.292. The Kier molecular flexibility index (Phi) is 8.12. The third-order valence-corrected chi connectivity index (χ3v) is 11.7. The van der Waals surface area contributed by atoms with Gasteiger partial charge in [-0.2, -0.15) is 0 Å². The maximum Gasteiger partial charge on any atom is 0.233 e. The van der Waals surface area contributed by atoms with E-state index in [-0.39, 0.29) is 0 Å². The lowest BCUT2D eigenvalue weighted by molar-refractivity contribution is -0.137. The van der Waals surface area contributed by atoms with E-state index in [2.05, 4.69) is 85.5 Å². The fourth-order valence-electron chi connectivity index (χ4n) is 7.94. The second-order valence-corrected chi connectivity index (χ2v) is 14.8. The third kappa shape index (κ3) is 5.52. The van der Waals surface area contributed by atoms with Crippen molar-refractivity contribution >= 4 is 27.5 Å². The Morgan fingerprint density at radius 2 is 1.63 bits per heavy atom. The molecule has 5 nitrogen and oxygen atoms in total. The van der Waals surface area contributed by atoms with Crippen LogP contribution in [-0.2, 0) is 16.6 Å². The largest absolute Gasteiger partial charge is 0.346 e. The van der Waals surface area contributed by atoms with E-state index in [0.29, 0.717) is 24.0 Å². The van der Waals surface area contributed by atoms with E-state index >= 15 is 0 Å². The first-order valence-corrected chi connectivity index (χ1v) is 17.0. The molecule has 3 aromatic rings. The molecule has 2 aromatic heterocycles. The van der Waals surface area contributed by atoms with E-state index in [1.165, 1.54) is 94.7 Å². The van der Waals surface area contributed by atoms with E-state index < -0.39 is 5.41 Å². The molecule has 2 bridgehead atoms. The Labute approximate surface area is 251 Å². The molecule has 1 unspecified atom stereocenters. The molecule has 3 fully saturated rings. The van der Waals surface area contributed by atoms with Gasteiger partial charge >= 0.3 is 0 Å². The number of benzene rings is 1. The van der Waals surface area contributed by atoms with E-state index in [9.17, 15) is 4.79 Å². The summed E-state index contributed by atoms with van der Waals surface area (Å²) in [6, 6.07) is 10.9. The molecular weight excluding hydrogens is 524 g/mol. The number of carbonyl (C=O) groups excluding carboxylic acids is 1. The van der Waals surface area contributed by atoms with Crippen molar-refractivity contribution in [3.05, 3.63) is 45.8 Å². The Bertz CT molecular complexity index is 1350. The topological polar surface area (TPSA) is 42.6 Å². The predicted molar refractivity (Wildman–Crippen MR) is 173 cm³/mol. The summed E-state index contributed by atoms with van der Waals surface area (Å²) in [6.07, 6.45) is 8.32. The van der Waals surface area contributed by atoms with Gasteiger partial charge in [0, 0.05) is 61.1 Å². The molecule has 1 amide bonds. The second-order valence-electron chi connectivity index (χ2n) is 13.8. The number of thiophene rings is 1. The molecule has 0 saturated carbocycles. The zero-order valence-electron chi connectivity index (χ0n) is 26.2. The summed E-state index contributed by atoms with van der Waals surface area (Å²) < 4.78 is 0. The van der Waals surface area contributed by atoms with Crippen LogP contribution in [0.4, 0.5) is 0 Å². The maximum absolute atomic E-state index is 13.9. The summed E-state index contributed by atoms with van der Waals surface area (Å²) in [5.41, 5.74) is 6.06. The highest BCUT2D eigenvalue weighted by Gasteiger charge is 2.47. The molecule has 0 aliphatic carbocycles. The number of hydrogen-bond donors (Lipinski definition) is 1. The van der Waals surface area contributed by atoms with E-state index in [0.717, 1.165) is 26.1 Å². The molecule has 41 heavy (non-hydrogen) atoms. The van der Waals surface area contributed by atoms with Gasteiger partial charge in [0.25, 0.3) is 0 Å². The molecule has 3 saturated heterocycles. The number of aromatic nitrogens is 1. The molecule has 1 atom stereocenters. The summed E-state index contributed by atoms with van der Waals surface area (Å²) >= 11 is 1.80. The smallest absolute Gasteiger partial charge is 0.233 e. The molecule has 6 rings (SSSR count). The average molecular weight is 575 g/mol. The lowest BCUT2D eigenvalue weighted by Gasteiger charge is -2.38. The third-order valence-electron chi connectivity index (χ3n) is 10.4. The van der Waals surface area contributed by atoms with Crippen LogP contribution in [0.1, 0.15) is 87.8 Å². The number of aryl methyl sites for hydroxylation is 2. The summed E-state index contributed by atoms with van der Waals surface area (Å²) in [5, 5.41) is 1.32. The van der Waals surface area contributed by atoms with Crippen LogP contribution in [0.2, 0.25) is 0 Å². The predicted octanol–water partition coefficient (Wildman–Crippen LogP) is 7.29. The number of piperazine rings is 1. The van der Waals surface area contributed by atoms with E-state index in [1.807, 2.05) is 0 Å². The van der Waals surface area contributed by atoms with Gasteiger partial charge in [-0.05, 0) is 102 Å². The molecule has 1 N–H and O–H groups in total. The molecule has 3 aliphatic heterocycles. The van der Waals surface area contributed by atoms with Crippen LogP contribution >= 0.6 is 11.3 Å². The van der Waals surface area contributed by atoms with Crippen LogP contribution < -0.4 is 0 Å². The van der Waals surface area contributed by atoms with Crippen LogP contribution in [0.5, 0.6) is 0 Å². The molecule has 6 heteroatoms. The highest BCUT2D eigenvalue weighted by atomic mass is 32.1. The molecule has 0 radical (unpaired) electrons. The van der Waals surface area contributed by atoms with Gasteiger partial charge in [0.05, 0.1) is 11.1 Å². The molecule has 0 spiro atoms. The maximum atomic E-state index is 13.9. The summed E-state index contributed by atoms with van der Waals surface area (Å²) in [5.74, 6) is 0.331. The first kappa shape index (κ1) is 28.9. The van der Waals surface area contributed by atoms with Crippen LogP contribution in [0.3, 0.4) is 0 Å². The van der Waals surface area contributed by atoms with E-state index in [4.69, 9.17) is 0 Å². The second kappa shape index (κ2) is 11.5. The summed E-state index contributed by atoms with van der Waals surface area (Å²) in [7, 11) is 0. The molecule has 222 valence electrons. The highest BCUT2D eigenvalue weighted by molar-refractivity contribution is 7.19. The number of H-pyrrole nitrogens is 1. The van der Waals surface area contributed by atoms with Gasteiger partial charge in [0.2, 0.25) is 5.91 Å². The number of hydrogen-bond acceptors (Lipinski definition) is 4. The van der Waals surface area contributed by atoms with Gasteiger partial charge in [-0.15, -0.1) is 11.3 Å². The van der Waals surface area contributed by atoms with Crippen molar-refractivity contribution in [1.29, 1.82) is 0 Å². The van der Waals surface area contributed by atoms with Crippen molar-refractivity contribution in [2.75, 3.05) is 32.7 Å². The first-order chi connectivity index (χ1) is 19.7. The fraction of sp³-hybridized carbons (Fsp3) is 0.629. The Morgan fingerprint density at radius 1 is 1.00 bits per heavy atom. The van der Waals surface area contributed by atoms with Crippen molar-refractivity contribution in [1.82, 2.24) is 19.7 Å². The van der Waals surface area contributed by atoms with Gasteiger partial charge in [-0.3, -0.25) is 9.69 Å². The minimum Gasteiger partial charge on any atom is -0.346 e. The number of fused-ring (bicyclic) bond motifs is 3. The zero-order chi connectivity index (χ0) is 28.9. The van der Waals surface area contributed by atoms with Crippen molar-refractivity contribution < 1.29 is 4.79 Å². The average Bonchev–Trinajstić information content (AvgIpc) is 3.72. The van der Waals surface area contributed by atoms with E-state index in [1.54, 1.807) is 11.3 Å². The van der Waals surface area contributed by atoms with Crippen LogP contribution in [0.15, 0.2) is 24.3 Å². The molecular formula is C35H50N4OS. The normalized spacial score (nSPS) is 22.7. The van der Waals surface area contributed by atoms with Crippen LogP contribution in [0, 0.1) is 13.8 Å². The van der Waals surface area contributed by atoms with Crippen LogP contribution in [0.25, 0.3) is 21.5 Å². The fourth-order valence-corrected chi connectivity index (χ4v) is 9.12. The van der Waals surface area contributed by atoms with Crippen LogP contribution in [-0.4, -0.2) is 76.4 Å². The van der Waals surface area contributed by atoms with Gasteiger partial charge in [0.1, 0.15) is 4.83 Å². The van der Waals surface area contributed by atoms with Crippen molar-refractivity contribution in [2.45, 2.75) is 110 Å². The highest BCUT2D eigenvalue weighted by Crippen LogP contribution is 2.44. The zero-order valence-corrected chi connectivity index (χ0v) is 27.0. The lowest BCUT2D eigenvalue weighted by atomic mass is 9.88. The number of rotatable bonds is 9. The molecule has 5 heterocycles. The minimum absolute atomic E-state index is 0.331. The van der Waals surface area contributed by atoms with Crippen molar-refractivity contribution in [3.8, 4) is 11.3 Å². The molecule has 3 aliphatic rings. The van der Waals surface area contributed by atoms with Gasteiger partial charge in [0.15, 0.2) is 0 Å². The summed E-state index contributed by atoms with van der Waals surface area (Å²) in [4.78, 5) is 27.8. The monoisotopic (exact) mass is 574 g/mol. The Balaban J connectivity index is 1.27. The number of amides is 1. The Morgan fingerprint density at radius 3 is 2.24 bits per heavy atom. The SMILES string of the molecule is CCCC(C)N1CCN(CCc2c(-c3cc(C)cc(C)c3)[nH]c3sc(C(C)(C)C(=O)N4C5CCC4CC5)cc23)CC1. The standard InChI is InChI=1S/C35H50N4OS/c1-7-8-25(4)38-17-15-37(16-18-38)14-13-29-30-22-31(35(5,6)34(40)39-27-9-10-28(39)12-11-27)41-33(30)36-32(29)26-20-23(2)19-24(3)21-26/h19-22,25,27-28,36H,7-18H2,1-6H3. The van der Waals surface area contributed by atoms with Crippen molar-refractivity contribution in [2.24, 2.45) is 0 Å². The van der Waals surface area contributed by atoms with Gasteiger partial charge < -0.3 is 14.8 Å². The Hall–Kier alpha value is -2.15. The van der Waals surface area contributed by atoms with Crippen molar-refractivity contribution in [3.63, 3.8) is 0 Å². The number of aromatic amines is 1. The van der Waals surface area contributed by atoms with Gasteiger partial charge in [-0.25, -0.2) is 0 Å². The molecule has 1 aromatic carbocycles. The van der Waals surface area contributed by atoms with Gasteiger partial charge in [-0.1, -0.05) is 30.5 Å².